The third-order valence-electron chi connectivity index (χ3n) is 6.76. The quantitative estimate of drug-likeness (QED) is 0.609. The summed E-state index contributed by atoms with van der Waals surface area (Å²) in [6.45, 7) is 11.8. The molecular formula is C22H36O5. The highest BCUT2D eigenvalue weighted by molar-refractivity contribution is 5.76. The van der Waals surface area contributed by atoms with E-state index in [2.05, 4.69) is 0 Å². The van der Waals surface area contributed by atoms with Crippen LogP contribution in [0.3, 0.4) is 0 Å². The van der Waals surface area contributed by atoms with E-state index in [9.17, 15) is 9.59 Å². The number of rotatable bonds is 5. The van der Waals surface area contributed by atoms with Crippen molar-refractivity contribution in [2.45, 2.75) is 97.7 Å². The van der Waals surface area contributed by atoms with Crippen molar-refractivity contribution in [1.29, 1.82) is 0 Å². The van der Waals surface area contributed by atoms with Gasteiger partial charge in [-0.1, -0.05) is 6.92 Å². The summed E-state index contributed by atoms with van der Waals surface area (Å²) in [6.07, 6.45) is 6.22. The van der Waals surface area contributed by atoms with Crippen LogP contribution in [0, 0.1) is 22.7 Å². The van der Waals surface area contributed by atoms with E-state index in [0.717, 1.165) is 38.5 Å². The zero-order valence-corrected chi connectivity index (χ0v) is 17.9. The van der Waals surface area contributed by atoms with Crippen molar-refractivity contribution in [2.24, 2.45) is 22.7 Å². The number of hydrogen-bond donors (Lipinski definition) is 0. The van der Waals surface area contributed by atoms with Crippen LogP contribution in [0.2, 0.25) is 0 Å². The van der Waals surface area contributed by atoms with Crippen molar-refractivity contribution in [3.05, 3.63) is 0 Å². The molecule has 4 fully saturated rings. The fourth-order valence-corrected chi connectivity index (χ4v) is 5.62. The first kappa shape index (κ1) is 20.5. The minimum Gasteiger partial charge on any atom is -0.459 e. The Balaban J connectivity index is 1.70. The molecule has 0 spiro atoms. The molecule has 2 atom stereocenters. The lowest BCUT2D eigenvalue weighted by atomic mass is 9.48. The minimum atomic E-state index is -0.601. The monoisotopic (exact) mass is 380 g/mol. The fraction of sp³-hybridized carbons (Fsp3) is 0.909. The Labute approximate surface area is 163 Å². The molecule has 154 valence electrons. The molecular weight excluding hydrogens is 344 g/mol. The van der Waals surface area contributed by atoms with Crippen molar-refractivity contribution in [2.75, 3.05) is 6.61 Å². The summed E-state index contributed by atoms with van der Waals surface area (Å²) < 4.78 is 17.1. The molecule has 0 aromatic carbocycles. The average Bonchev–Trinajstić information content (AvgIpc) is 2.49. The number of esters is 1. The third-order valence-corrected chi connectivity index (χ3v) is 6.76. The summed E-state index contributed by atoms with van der Waals surface area (Å²) in [5.41, 5.74) is -1.45. The zero-order valence-electron chi connectivity index (χ0n) is 17.9. The summed E-state index contributed by atoms with van der Waals surface area (Å²) >= 11 is 0. The summed E-state index contributed by atoms with van der Waals surface area (Å²) in [5.74, 6) is 1.03. The summed E-state index contributed by atoms with van der Waals surface area (Å²) in [4.78, 5) is 24.8. The van der Waals surface area contributed by atoms with E-state index in [1.54, 1.807) is 0 Å². The van der Waals surface area contributed by atoms with Gasteiger partial charge in [0.1, 0.15) is 17.8 Å². The van der Waals surface area contributed by atoms with Gasteiger partial charge in [0.15, 0.2) is 0 Å². The van der Waals surface area contributed by atoms with Crippen LogP contribution >= 0.6 is 0 Å². The van der Waals surface area contributed by atoms with Gasteiger partial charge in [0.05, 0.1) is 5.41 Å². The molecule has 0 aliphatic heterocycles. The standard InChI is InChI=1S/C22H36O5/c1-7-20(5,6)17(23)26-22-11-15-8-16(12-22)10-21(9-15,13-22)14-25-18(24)27-19(2,3)4/h15-16H,7-14H2,1-6H3. The molecule has 0 aromatic rings. The second-order valence-electron chi connectivity index (χ2n) is 11.0. The molecule has 5 nitrogen and oxygen atoms in total. The normalized spacial score (nSPS) is 35.0. The molecule has 0 heterocycles. The lowest BCUT2D eigenvalue weighted by Crippen LogP contribution is -2.59. The molecule has 4 saturated carbocycles. The summed E-state index contributed by atoms with van der Waals surface area (Å²) in [6, 6.07) is 0. The smallest absolute Gasteiger partial charge is 0.459 e. The van der Waals surface area contributed by atoms with E-state index in [4.69, 9.17) is 14.2 Å². The van der Waals surface area contributed by atoms with Gasteiger partial charge in [-0.15, -0.1) is 0 Å². The Morgan fingerprint density at radius 3 is 2.11 bits per heavy atom. The first-order valence-corrected chi connectivity index (χ1v) is 10.5. The van der Waals surface area contributed by atoms with Crippen LogP contribution in [0.25, 0.3) is 0 Å². The molecule has 4 bridgehead atoms. The van der Waals surface area contributed by atoms with Gasteiger partial charge in [-0.3, -0.25) is 4.79 Å². The number of carbonyl (C=O) groups is 2. The van der Waals surface area contributed by atoms with Crippen LogP contribution in [0.1, 0.15) is 86.5 Å². The van der Waals surface area contributed by atoms with Crippen LogP contribution in [-0.2, 0) is 19.0 Å². The maximum atomic E-state index is 12.8. The van der Waals surface area contributed by atoms with Crippen LogP contribution in [0.15, 0.2) is 0 Å². The predicted molar refractivity (Wildman–Crippen MR) is 102 cm³/mol. The highest BCUT2D eigenvalue weighted by Crippen LogP contribution is 2.63. The SMILES string of the molecule is CCC(C)(C)C(=O)OC12CC3CC(CC(COC(=O)OC(C)(C)C)(C3)C1)C2. The van der Waals surface area contributed by atoms with Gasteiger partial charge in [-0.2, -0.15) is 0 Å². The Bertz CT molecular complexity index is 586. The highest BCUT2D eigenvalue weighted by atomic mass is 16.7. The molecule has 4 rings (SSSR count). The van der Waals surface area contributed by atoms with Gasteiger partial charge in [-0.05, 0) is 91.4 Å². The largest absolute Gasteiger partial charge is 0.508 e. The predicted octanol–water partition coefficient (Wildman–Crippen LogP) is 5.26. The first-order chi connectivity index (χ1) is 12.4. The zero-order chi connectivity index (χ0) is 20.1. The Morgan fingerprint density at radius 1 is 1.00 bits per heavy atom. The van der Waals surface area contributed by atoms with Crippen molar-refractivity contribution in [1.82, 2.24) is 0 Å². The van der Waals surface area contributed by atoms with Crippen LogP contribution < -0.4 is 0 Å². The maximum absolute atomic E-state index is 12.8. The Kier molecular flexibility index (Phi) is 5.05. The molecule has 5 heteroatoms. The molecule has 0 amide bonds. The average molecular weight is 381 g/mol. The van der Waals surface area contributed by atoms with Crippen LogP contribution in [-0.4, -0.2) is 29.9 Å². The van der Waals surface area contributed by atoms with Crippen LogP contribution in [0.4, 0.5) is 4.79 Å². The van der Waals surface area contributed by atoms with Gasteiger partial charge in [0.2, 0.25) is 0 Å². The first-order valence-electron chi connectivity index (χ1n) is 10.5. The maximum Gasteiger partial charge on any atom is 0.508 e. The van der Waals surface area contributed by atoms with Gasteiger partial charge in [-0.25, -0.2) is 4.79 Å². The third kappa shape index (κ3) is 4.43. The molecule has 4 aliphatic carbocycles. The molecule has 27 heavy (non-hydrogen) atoms. The number of hydrogen-bond acceptors (Lipinski definition) is 5. The van der Waals surface area contributed by atoms with Crippen LogP contribution in [0.5, 0.6) is 0 Å². The van der Waals surface area contributed by atoms with E-state index in [0.29, 0.717) is 18.4 Å². The van der Waals surface area contributed by atoms with E-state index in [-0.39, 0.29) is 17.0 Å². The van der Waals surface area contributed by atoms with E-state index < -0.39 is 17.2 Å². The molecule has 0 radical (unpaired) electrons. The Morgan fingerprint density at radius 2 is 1.59 bits per heavy atom. The number of ether oxygens (including phenoxy) is 3. The molecule has 0 N–H and O–H groups in total. The summed E-state index contributed by atoms with van der Waals surface area (Å²) in [5, 5.41) is 0. The van der Waals surface area contributed by atoms with Gasteiger partial charge >= 0.3 is 12.1 Å². The van der Waals surface area contributed by atoms with Crippen molar-refractivity contribution in [3.63, 3.8) is 0 Å². The van der Waals surface area contributed by atoms with Crippen molar-refractivity contribution in [3.8, 4) is 0 Å². The van der Waals surface area contributed by atoms with E-state index in [1.807, 2.05) is 41.5 Å². The van der Waals surface area contributed by atoms with Crippen molar-refractivity contribution < 1.29 is 23.8 Å². The Hall–Kier alpha value is -1.26. The summed E-state index contributed by atoms with van der Waals surface area (Å²) in [7, 11) is 0. The van der Waals surface area contributed by atoms with E-state index >= 15 is 0 Å². The topological polar surface area (TPSA) is 61.8 Å². The van der Waals surface area contributed by atoms with Gasteiger partial charge in [0, 0.05) is 5.41 Å². The second kappa shape index (κ2) is 6.66. The lowest BCUT2D eigenvalue weighted by Gasteiger charge is -2.61. The molecule has 2 unspecified atom stereocenters. The molecule has 0 saturated heterocycles. The van der Waals surface area contributed by atoms with Crippen molar-refractivity contribution >= 4 is 12.1 Å². The molecule has 0 aromatic heterocycles. The number of carbonyl (C=O) groups excluding carboxylic acids is 2. The van der Waals surface area contributed by atoms with Gasteiger partial charge < -0.3 is 14.2 Å². The second-order valence-corrected chi connectivity index (χ2v) is 11.0. The minimum absolute atomic E-state index is 0.0718. The van der Waals surface area contributed by atoms with E-state index in [1.165, 1.54) is 6.42 Å². The highest BCUT2D eigenvalue weighted by Gasteiger charge is 2.60. The fourth-order valence-electron chi connectivity index (χ4n) is 5.62. The molecule has 4 aliphatic rings. The lowest BCUT2D eigenvalue weighted by molar-refractivity contribution is -0.215. The van der Waals surface area contributed by atoms with Gasteiger partial charge in [0.25, 0.3) is 0 Å².